The molecule has 0 aromatic heterocycles. The van der Waals surface area contributed by atoms with Gasteiger partial charge in [-0.3, -0.25) is 6.08 Å². The van der Waals surface area contributed by atoms with Crippen molar-refractivity contribution in [2.75, 3.05) is 11.8 Å². The van der Waals surface area contributed by atoms with Crippen molar-refractivity contribution >= 4 is 84.2 Å². The minimum absolute atomic E-state index is 0. The monoisotopic (exact) mass is 1430 g/mol. The molecule has 0 N–H and O–H groups in total. The quantitative estimate of drug-likeness (QED) is 0.0399. The Balaban J connectivity index is 0.00000107. The first kappa shape index (κ1) is 68.4. The van der Waals surface area contributed by atoms with Crippen LogP contribution in [0.2, 0.25) is 0 Å². The van der Waals surface area contributed by atoms with E-state index in [2.05, 4.69) is 263 Å². The minimum Gasteiger partial charge on any atom is -0.518 e. The molecular formula is C57H49F3Ir2O6P4S-2. The van der Waals surface area contributed by atoms with Gasteiger partial charge in [-0.2, -0.15) is 13.2 Å². The van der Waals surface area contributed by atoms with Gasteiger partial charge in [0, 0.05) is 52.0 Å². The van der Waals surface area contributed by atoms with Gasteiger partial charge in [0.05, 0.1) is 0 Å². The van der Waals surface area contributed by atoms with E-state index in [4.69, 9.17) is 33.5 Å². The molecule has 0 saturated carbocycles. The van der Waals surface area contributed by atoms with E-state index in [0.29, 0.717) is 0 Å². The Bertz CT molecular complexity index is 2310. The maximum Gasteiger partial charge on any atom is 0.00405 e. The third-order valence-electron chi connectivity index (χ3n) is 9.39. The van der Waals surface area contributed by atoms with E-state index < -0.39 is 47.3 Å². The summed E-state index contributed by atoms with van der Waals surface area (Å²) in [4.78, 5) is 0. The summed E-state index contributed by atoms with van der Waals surface area (Å²) in [5.74, 6) is 2.35. The van der Waals surface area contributed by atoms with E-state index in [-0.39, 0.29) is 40.2 Å². The van der Waals surface area contributed by atoms with Gasteiger partial charge >= 0.3 is 39.4 Å². The first-order valence-electron chi connectivity index (χ1n) is 21.1. The largest absolute Gasteiger partial charge is 0.518 e. The molecule has 16 heteroatoms. The van der Waals surface area contributed by atoms with Crippen LogP contribution >= 0.6 is 31.7 Å². The summed E-state index contributed by atoms with van der Waals surface area (Å²) in [7, 11) is -7.72. The van der Waals surface area contributed by atoms with Gasteiger partial charge in [-0.1, -0.05) is 250 Å². The zero-order valence-electron chi connectivity index (χ0n) is 39.1. The van der Waals surface area contributed by atoms with Crippen LogP contribution in [0.3, 0.4) is 0 Å². The van der Waals surface area contributed by atoms with Gasteiger partial charge < -0.3 is 11.1 Å². The third kappa shape index (κ3) is 24.6. The number of hydrogen-bond donors (Lipinski definition) is 0. The molecule has 0 aliphatic carbocycles. The first-order valence-corrected chi connectivity index (χ1v) is 28.6. The zero-order chi connectivity index (χ0) is 52.3. The van der Waals surface area contributed by atoms with Crippen LogP contribution in [0.25, 0.3) is 0 Å². The molecule has 8 aromatic carbocycles. The van der Waals surface area contributed by atoms with Crippen molar-refractivity contribution in [3.63, 3.8) is 0 Å². The SMILES string of the molecule is O=S(=O)([O-])C(F)(F)F.[C-]#[O+].[C-]#[O+].[C-]#[O+].[CH-]=CC.[Ir].[Ir].c1ccc(P(CP(c2ccccc2)c2ccccc2)c2ccccc2)cc1.c1ccc(P(CP(c2ccccc2)c2ccccc2)c2ccccc2)cc1. The number of rotatable bonds is 12. The predicted octanol–water partition coefficient (Wildman–Crippen LogP) is 11.3. The van der Waals surface area contributed by atoms with Gasteiger partial charge in [-0.05, 0) is 74.1 Å². The van der Waals surface area contributed by atoms with E-state index in [1.54, 1.807) is 6.92 Å². The molecule has 0 saturated heterocycles. The van der Waals surface area contributed by atoms with Crippen LogP contribution in [0.4, 0.5) is 13.2 Å². The van der Waals surface area contributed by atoms with Gasteiger partial charge in [-0.25, -0.2) is 8.42 Å². The van der Waals surface area contributed by atoms with E-state index in [1.807, 2.05) is 0 Å². The second kappa shape index (κ2) is 39.8. The number of hydrogen-bond acceptors (Lipinski definition) is 3. The van der Waals surface area contributed by atoms with Crippen molar-refractivity contribution in [2.45, 2.75) is 12.4 Å². The summed E-state index contributed by atoms with van der Waals surface area (Å²) < 4.78 is 81.4. The average molecular weight is 1430 g/mol. The van der Waals surface area contributed by atoms with E-state index in [1.165, 1.54) is 60.3 Å². The Morgan fingerprint density at radius 3 is 0.575 bits per heavy atom. The second-order valence-corrected chi connectivity index (χ2v) is 25.1. The maximum absolute atomic E-state index is 10.7. The summed E-state index contributed by atoms with van der Waals surface area (Å²) in [5.41, 5.74) is -5.65. The van der Waals surface area contributed by atoms with Gasteiger partial charge in [0.15, 0.2) is 10.1 Å². The van der Waals surface area contributed by atoms with Crippen molar-refractivity contribution < 1.29 is 80.3 Å². The molecule has 0 bridgehead atoms. The van der Waals surface area contributed by atoms with Gasteiger partial charge in [0.25, 0.3) is 0 Å². The Hall–Kier alpha value is -4.56. The summed E-state index contributed by atoms with van der Waals surface area (Å²) in [6, 6.07) is 88.3. The minimum atomic E-state index is -6.09. The molecule has 0 aliphatic heterocycles. The van der Waals surface area contributed by atoms with Crippen LogP contribution in [-0.2, 0) is 64.3 Å². The molecule has 0 heterocycles. The molecule has 0 fully saturated rings. The molecule has 380 valence electrons. The van der Waals surface area contributed by atoms with Crippen LogP contribution in [0.5, 0.6) is 0 Å². The molecule has 0 spiro atoms. The van der Waals surface area contributed by atoms with E-state index >= 15 is 0 Å². The summed E-state index contributed by atoms with van der Waals surface area (Å²) in [6.07, 6.45) is 1.50. The smallest absolute Gasteiger partial charge is 0.00405 e. The molecule has 0 unspecified atom stereocenters. The maximum atomic E-state index is 10.7. The van der Waals surface area contributed by atoms with Gasteiger partial charge in [-0.15, -0.1) is 0 Å². The third-order valence-corrected chi connectivity index (χ3v) is 21.9. The first-order chi connectivity index (χ1) is 34.5. The Morgan fingerprint density at radius 1 is 0.397 bits per heavy atom. The fraction of sp³-hybridized carbons (Fsp3) is 0.0702. The number of allylic oxidation sites excluding steroid dienone is 1. The van der Waals surface area contributed by atoms with Crippen molar-refractivity contribution in [1.29, 1.82) is 0 Å². The van der Waals surface area contributed by atoms with Crippen LogP contribution in [-0.4, -0.2) is 30.3 Å². The van der Waals surface area contributed by atoms with Crippen molar-refractivity contribution in [2.24, 2.45) is 0 Å². The van der Waals surface area contributed by atoms with Gasteiger partial charge in [0.2, 0.25) is 0 Å². The van der Waals surface area contributed by atoms with Crippen molar-refractivity contribution in [3.8, 4) is 0 Å². The molecule has 73 heavy (non-hydrogen) atoms. The fourth-order valence-electron chi connectivity index (χ4n) is 6.40. The Kier molecular flexibility index (Phi) is 37.4. The second-order valence-electron chi connectivity index (χ2n) is 13.9. The Labute approximate surface area is 460 Å². The topological polar surface area (TPSA) is 117 Å². The molecule has 2 radical (unpaired) electrons. The normalized spacial score (nSPS) is 9.96. The number of alkyl halides is 3. The van der Waals surface area contributed by atoms with Gasteiger partial charge in [0.1, 0.15) is 0 Å². The average Bonchev–Trinajstić information content (AvgIpc) is 3.43. The summed E-state index contributed by atoms with van der Waals surface area (Å²) >= 11 is 0. The number of benzene rings is 8. The molecule has 8 aromatic rings. The fourth-order valence-corrected chi connectivity index (χ4v) is 19.3. The zero-order valence-corrected chi connectivity index (χ0v) is 48.3. The van der Waals surface area contributed by atoms with Crippen LogP contribution in [0, 0.1) is 26.5 Å². The number of halogens is 3. The predicted molar refractivity (Wildman–Crippen MR) is 288 cm³/mol. The standard InChI is InChI=1S/2C25H22P2.C3H5.CHF3O3S.3CO.2Ir/c2*1-5-13-22(14-6-1)26(23-15-7-2-8-16-23)21-27(24-17-9-3-10-18-24)25-19-11-4-12-20-25;1-3-2;2-1(3,4)8(5,6)7;3*1-2;;/h2*1-20H,21H2;1,3H,2H3;(H,5,6,7);;;;;/q;;-1;;;;;;/p-1. The molecule has 0 atom stereocenters. The molecule has 8 rings (SSSR count). The molecule has 6 nitrogen and oxygen atoms in total. The molecular weight excluding hydrogens is 1380 g/mol. The van der Waals surface area contributed by atoms with Crippen LogP contribution in [0.1, 0.15) is 6.92 Å². The Morgan fingerprint density at radius 2 is 0.493 bits per heavy atom. The molecule has 0 aliphatic rings. The van der Waals surface area contributed by atoms with E-state index in [0.717, 1.165) is 0 Å². The van der Waals surface area contributed by atoms with Crippen LogP contribution < -0.4 is 42.4 Å². The van der Waals surface area contributed by atoms with Crippen molar-refractivity contribution in [1.82, 2.24) is 0 Å². The van der Waals surface area contributed by atoms with E-state index in [9.17, 15) is 13.2 Å². The van der Waals surface area contributed by atoms with Crippen LogP contribution in [0.15, 0.2) is 249 Å². The summed E-state index contributed by atoms with van der Waals surface area (Å²) in [6.45, 7) is 20.0. The van der Waals surface area contributed by atoms with Crippen molar-refractivity contribution in [3.05, 3.63) is 275 Å². The summed E-state index contributed by atoms with van der Waals surface area (Å²) in [5, 5.41) is 11.7. The molecule has 0 amide bonds.